The number of carbonyl (C=O) groups excluding carboxylic acids is 1. The van der Waals surface area contributed by atoms with Gasteiger partial charge in [0.25, 0.3) is 0 Å². The van der Waals surface area contributed by atoms with Crippen molar-refractivity contribution >= 4 is 47.0 Å². The van der Waals surface area contributed by atoms with Crippen LogP contribution in [0.25, 0.3) is 0 Å². The first-order valence-corrected chi connectivity index (χ1v) is 22.4. The second-order valence-corrected chi connectivity index (χ2v) is 19.0. The third-order valence-electron chi connectivity index (χ3n) is 8.49. The first kappa shape index (κ1) is 40.3. The molecule has 0 bridgehead atoms. The zero-order valence-corrected chi connectivity index (χ0v) is 34.2. The zero-order chi connectivity index (χ0) is 37.4. The van der Waals surface area contributed by atoms with E-state index < -0.39 is 13.5 Å². The smallest absolute Gasteiger partial charge is 0.0146 e. The number of rotatable bonds is 10. The summed E-state index contributed by atoms with van der Waals surface area (Å²) in [4.78, 5) is 18.9. The van der Waals surface area contributed by atoms with Crippen molar-refractivity contribution in [3.05, 3.63) is 124 Å². The number of ether oxygens (including phenoxy) is 2. The fourth-order valence-corrected chi connectivity index (χ4v) is 8.53. The molecule has 0 radical (unpaired) electrons. The SMILES string of the molecule is COc1ccc(N(CC(=O)OC(C)C)Cc2ccc(F)cc2[CH]=[Ru]([Cl])[Cl])cc1.Cc1cc(C)c(N2[CH-]N(c3c(C)cc(C)cc3C)CC2)c(C)c1. The molecule has 0 amide bonds. The van der Waals surface area contributed by atoms with Gasteiger partial charge in [0.2, 0.25) is 0 Å². The maximum Gasteiger partial charge on any atom is 0.0146 e. The van der Waals surface area contributed by atoms with Crippen LogP contribution in [0.1, 0.15) is 58.4 Å². The molecule has 1 aliphatic rings. The van der Waals surface area contributed by atoms with Crippen LogP contribution in [0.15, 0.2) is 66.7 Å². The van der Waals surface area contributed by atoms with Gasteiger partial charge in [-0.1, -0.05) is 35.4 Å². The van der Waals surface area contributed by atoms with E-state index in [1.54, 1.807) is 31.6 Å². The standard InChI is InChI=1S/C21H27N2.C20H22FNO3.2ClH.Ru/c1-14-9-16(3)20(17(4)10-14)22-7-8-23(13-22)21-18(5)11-15(2)12-19(21)6;1-14(2)25-20(23)13-22(18-7-9-19(24-4)10-8-18)12-16-5-6-17(21)11-15(16)3;;;/h9-13H,7-8H2,1-6H3;3,5-11,14H,12-13H2,1-2,4H3;2*1H;/q-1;;;;+2/p-2. The van der Waals surface area contributed by atoms with Crippen LogP contribution in [-0.2, 0) is 29.6 Å². The molecule has 276 valence electrons. The van der Waals surface area contributed by atoms with Crippen LogP contribution < -0.4 is 19.4 Å². The molecular weight excluding hydrogens is 773 g/mol. The van der Waals surface area contributed by atoms with Gasteiger partial charge in [-0.3, -0.25) is 0 Å². The summed E-state index contributed by atoms with van der Waals surface area (Å²) in [6.45, 7) is 21.6. The number of esters is 1. The Hall–Kier alpha value is -3.45. The molecule has 0 saturated carbocycles. The maximum absolute atomic E-state index is 13.7. The van der Waals surface area contributed by atoms with Gasteiger partial charge in [0.15, 0.2) is 0 Å². The Bertz CT molecular complexity index is 1750. The van der Waals surface area contributed by atoms with Gasteiger partial charge >= 0.3 is 178 Å². The number of nitrogens with zero attached hydrogens (tertiary/aromatic N) is 3. The monoisotopic (exact) mass is 822 g/mol. The van der Waals surface area contributed by atoms with E-state index in [2.05, 4.69) is 82.3 Å². The van der Waals surface area contributed by atoms with Crippen molar-refractivity contribution in [2.75, 3.05) is 41.4 Å². The van der Waals surface area contributed by atoms with Crippen LogP contribution in [0.5, 0.6) is 5.75 Å². The fraction of sp³-hybridized carbons (Fsp3) is 0.341. The minimum atomic E-state index is -2.14. The number of benzene rings is 4. The largest absolute Gasteiger partial charge is 0.502 e. The van der Waals surface area contributed by atoms with Crippen molar-refractivity contribution in [2.45, 2.75) is 68.0 Å². The first-order valence-electron chi connectivity index (χ1n) is 16.9. The summed E-state index contributed by atoms with van der Waals surface area (Å²) < 4.78 is 25.9. The van der Waals surface area contributed by atoms with Crippen LogP contribution in [0.3, 0.4) is 0 Å². The third kappa shape index (κ3) is 11.3. The van der Waals surface area contributed by atoms with Gasteiger partial charge in [-0.15, -0.1) is 0 Å². The molecule has 1 saturated heterocycles. The zero-order valence-electron chi connectivity index (χ0n) is 31.0. The van der Waals surface area contributed by atoms with Gasteiger partial charge in [0.1, 0.15) is 0 Å². The molecule has 0 atom stereocenters. The van der Waals surface area contributed by atoms with Gasteiger partial charge < -0.3 is 9.80 Å². The Morgan fingerprint density at radius 2 is 1.37 bits per heavy atom. The number of halogens is 3. The molecule has 0 spiro atoms. The Kier molecular flexibility index (Phi) is 14.5. The molecule has 1 aliphatic heterocycles. The van der Waals surface area contributed by atoms with Crippen LogP contribution >= 0.6 is 19.4 Å². The van der Waals surface area contributed by atoms with Crippen LogP contribution in [0.4, 0.5) is 21.5 Å². The van der Waals surface area contributed by atoms with Crippen LogP contribution in [-0.4, -0.2) is 43.4 Å². The van der Waals surface area contributed by atoms with E-state index in [4.69, 9.17) is 28.9 Å². The van der Waals surface area contributed by atoms with Crippen molar-refractivity contribution in [1.82, 2.24) is 0 Å². The van der Waals surface area contributed by atoms with Crippen LogP contribution in [0.2, 0.25) is 0 Å². The number of hydrogen-bond donors (Lipinski definition) is 0. The minimum absolute atomic E-state index is 0.0459. The van der Waals surface area contributed by atoms with Crippen molar-refractivity contribution in [1.29, 1.82) is 0 Å². The number of anilines is 3. The summed E-state index contributed by atoms with van der Waals surface area (Å²) in [7, 11) is 13.6. The fourth-order valence-electron chi connectivity index (χ4n) is 6.67. The summed E-state index contributed by atoms with van der Waals surface area (Å²) in [5.74, 6) is -0.00256. The van der Waals surface area contributed by atoms with E-state index >= 15 is 0 Å². The predicted molar refractivity (Wildman–Crippen MR) is 209 cm³/mol. The van der Waals surface area contributed by atoms with E-state index in [-0.39, 0.29) is 24.4 Å². The Morgan fingerprint density at radius 3 is 1.82 bits per heavy atom. The topological polar surface area (TPSA) is 45.2 Å². The van der Waals surface area contributed by atoms with Gasteiger partial charge in [0.05, 0.1) is 0 Å². The van der Waals surface area contributed by atoms with Gasteiger partial charge in [-0.2, -0.15) is 6.67 Å². The molecule has 6 nitrogen and oxygen atoms in total. The van der Waals surface area contributed by atoms with Crippen molar-refractivity contribution in [2.24, 2.45) is 0 Å². The van der Waals surface area contributed by atoms with Crippen molar-refractivity contribution < 1.29 is 32.2 Å². The summed E-state index contributed by atoms with van der Waals surface area (Å²) >= 11 is -2.14. The molecular formula is C41H49Cl2FN3O3Ru-. The molecule has 0 aliphatic carbocycles. The molecule has 0 N–H and O–H groups in total. The van der Waals surface area contributed by atoms with E-state index in [1.165, 1.54) is 56.9 Å². The third-order valence-corrected chi connectivity index (χ3v) is 10.3. The van der Waals surface area contributed by atoms with Crippen molar-refractivity contribution in [3.63, 3.8) is 0 Å². The second kappa shape index (κ2) is 18.4. The average molecular weight is 823 g/mol. The molecule has 4 aromatic carbocycles. The minimum Gasteiger partial charge on any atom is -0.502 e. The molecule has 51 heavy (non-hydrogen) atoms. The maximum atomic E-state index is 13.7. The number of methoxy groups -OCH3 is 1. The van der Waals surface area contributed by atoms with E-state index in [9.17, 15) is 9.18 Å². The van der Waals surface area contributed by atoms with E-state index in [0.29, 0.717) is 17.9 Å². The average Bonchev–Trinajstić information content (AvgIpc) is 3.49. The molecule has 0 aromatic heterocycles. The Morgan fingerprint density at radius 1 is 0.863 bits per heavy atom. The quantitative estimate of drug-likeness (QED) is 0.0903. The summed E-state index contributed by atoms with van der Waals surface area (Å²) in [5, 5.41) is 0. The van der Waals surface area contributed by atoms with E-state index in [1.807, 2.05) is 29.2 Å². The molecule has 1 fully saturated rings. The summed E-state index contributed by atoms with van der Waals surface area (Å²) in [6.07, 6.45) is -0.209. The van der Waals surface area contributed by atoms with Crippen molar-refractivity contribution in [3.8, 4) is 5.75 Å². The molecule has 10 heteroatoms. The molecule has 1 heterocycles. The summed E-state index contributed by atoms with van der Waals surface area (Å²) in [6, 6.07) is 20.9. The van der Waals surface area contributed by atoms with E-state index in [0.717, 1.165) is 24.3 Å². The molecule has 5 rings (SSSR count). The number of aryl methyl sites for hydroxylation is 6. The number of carbonyl (C=O) groups is 1. The van der Waals surface area contributed by atoms with Gasteiger partial charge in [0, 0.05) is 24.5 Å². The summed E-state index contributed by atoms with van der Waals surface area (Å²) in [5.41, 5.74) is 13.1. The van der Waals surface area contributed by atoms with Gasteiger partial charge in [-0.25, -0.2) is 0 Å². The normalized spacial score (nSPS) is 12.8. The predicted octanol–water partition coefficient (Wildman–Crippen LogP) is 9.85. The molecule has 0 unspecified atom stereocenters. The van der Waals surface area contributed by atoms with Gasteiger partial charge in [-0.05, 0) is 63.8 Å². The number of hydrogen-bond acceptors (Lipinski definition) is 6. The van der Waals surface area contributed by atoms with Crippen LogP contribution in [0, 0.1) is 54.0 Å². The molecule has 4 aromatic rings. The first-order chi connectivity index (χ1) is 24.1. The Labute approximate surface area is 316 Å². The Balaban J connectivity index is 0.000000233. The second-order valence-electron chi connectivity index (χ2n) is 13.2.